The Morgan fingerprint density at radius 2 is 2.17 bits per heavy atom. The number of aromatic nitrogens is 1. The van der Waals surface area contributed by atoms with Crippen molar-refractivity contribution in [1.29, 1.82) is 0 Å². The lowest BCUT2D eigenvalue weighted by atomic mass is 10.0. The lowest BCUT2D eigenvalue weighted by Gasteiger charge is -2.20. The summed E-state index contributed by atoms with van der Waals surface area (Å²) in [7, 11) is 0. The second-order valence-corrected chi connectivity index (χ2v) is 2.66. The van der Waals surface area contributed by atoms with Crippen molar-refractivity contribution < 1.29 is 13.9 Å². The summed E-state index contributed by atoms with van der Waals surface area (Å²) >= 11 is 0. The van der Waals surface area contributed by atoms with Crippen molar-refractivity contribution in [3.05, 3.63) is 30.1 Å². The summed E-state index contributed by atoms with van der Waals surface area (Å²) in [6, 6.07) is 4.52. The van der Waals surface area contributed by atoms with E-state index in [-0.39, 0.29) is 5.69 Å². The fraction of sp³-hybridized carbons (Fsp3) is 0.375. The summed E-state index contributed by atoms with van der Waals surface area (Å²) in [4.78, 5) is 3.64. The predicted octanol–water partition coefficient (Wildman–Crippen LogP) is 1.55. The van der Waals surface area contributed by atoms with Gasteiger partial charge < -0.3 is 5.11 Å². The van der Waals surface area contributed by atoms with Crippen LogP contribution >= 0.6 is 0 Å². The van der Waals surface area contributed by atoms with Crippen molar-refractivity contribution in [3.63, 3.8) is 0 Å². The third-order valence-electron chi connectivity index (χ3n) is 1.61. The molecule has 0 spiro atoms. The Morgan fingerprint density at radius 3 is 2.58 bits per heavy atom. The molecule has 4 heteroatoms. The molecule has 0 aliphatic rings. The Balaban J connectivity index is 2.98. The SMILES string of the molecule is CC(O)(c1ccccn1)C(F)F. The van der Waals surface area contributed by atoms with Crippen LogP contribution in [0.25, 0.3) is 0 Å². The van der Waals surface area contributed by atoms with Gasteiger partial charge in [0.1, 0.15) is 0 Å². The fourth-order valence-corrected chi connectivity index (χ4v) is 0.774. The highest BCUT2D eigenvalue weighted by atomic mass is 19.3. The minimum absolute atomic E-state index is 0.0139. The van der Waals surface area contributed by atoms with Crippen molar-refractivity contribution in [2.24, 2.45) is 0 Å². The van der Waals surface area contributed by atoms with Crippen LogP contribution in [-0.4, -0.2) is 16.5 Å². The molecule has 0 radical (unpaired) electrons. The molecule has 0 amide bonds. The average Bonchev–Trinajstić information content (AvgIpc) is 2.06. The topological polar surface area (TPSA) is 33.1 Å². The molecular formula is C8H9F2NO. The first-order valence-electron chi connectivity index (χ1n) is 3.47. The smallest absolute Gasteiger partial charge is 0.272 e. The normalized spacial score (nSPS) is 16.1. The van der Waals surface area contributed by atoms with Gasteiger partial charge in [0.2, 0.25) is 0 Å². The summed E-state index contributed by atoms with van der Waals surface area (Å²) in [5, 5.41) is 9.25. The minimum Gasteiger partial charge on any atom is -0.378 e. The van der Waals surface area contributed by atoms with E-state index in [1.165, 1.54) is 12.3 Å². The van der Waals surface area contributed by atoms with E-state index in [1.807, 2.05) is 0 Å². The Labute approximate surface area is 68.9 Å². The second kappa shape index (κ2) is 3.15. The molecule has 0 aromatic carbocycles. The minimum atomic E-state index is -2.83. The van der Waals surface area contributed by atoms with Crippen LogP contribution in [0.2, 0.25) is 0 Å². The zero-order chi connectivity index (χ0) is 9.19. The fourth-order valence-electron chi connectivity index (χ4n) is 0.774. The van der Waals surface area contributed by atoms with E-state index in [9.17, 15) is 13.9 Å². The van der Waals surface area contributed by atoms with Crippen LogP contribution < -0.4 is 0 Å². The maximum Gasteiger partial charge on any atom is 0.272 e. The number of hydrogen-bond donors (Lipinski definition) is 1. The first-order chi connectivity index (χ1) is 5.55. The predicted molar refractivity (Wildman–Crippen MR) is 39.8 cm³/mol. The van der Waals surface area contributed by atoms with Crippen LogP contribution in [0, 0.1) is 0 Å². The van der Waals surface area contributed by atoms with Gasteiger partial charge in [-0.05, 0) is 19.1 Å². The van der Waals surface area contributed by atoms with Crippen LogP contribution in [0.1, 0.15) is 12.6 Å². The Hall–Kier alpha value is -1.03. The van der Waals surface area contributed by atoms with Gasteiger partial charge >= 0.3 is 0 Å². The lowest BCUT2D eigenvalue weighted by Crippen LogP contribution is -2.31. The molecular weight excluding hydrogens is 164 g/mol. The van der Waals surface area contributed by atoms with E-state index in [0.717, 1.165) is 6.92 Å². The zero-order valence-corrected chi connectivity index (χ0v) is 6.54. The average molecular weight is 173 g/mol. The molecule has 2 nitrogen and oxygen atoms in total. The van der Waals surface area contributed by atoms with E-state index >= 15 is 0 Å². The van der Waals surface area contributed by atoms with Crippen LogP contribution in [0.3, 0.4) is 0 Å². The van der Waals surface area contributed by atoms with Gasteiger partial charge in [-0.2, -0.15) is 0 Å². The summed E-state index contributed by atoms with van der Waals surface area (Å²) in [6.07, 6.45) is -1.46. The number of pyridine rings is 1. The molecule has 1 aromatic heterocycles. The van der Waals surface area contributed by atoms with Crippen molar-refractivity contribution in [1.82, 2.24) is 4.98 Å². The van der Waals surface area contributed by atoms with Crippen LogP contribution in [0.5, 0.6) is 0 Å². The maximum absolute atomic E-state index is 12.2. The molecule has 0 saturated heterocycles. The van der Waals surface area contributed by atoms with Crippen molar-refractivity contribution in [3.8, 4) is 0 Å². The zero-order valence-electron chi connectivity index (χ0n) is 6.54. The summed E-state index contributed by atoms with van der Waals surface area (Å²) in [5.74, 6) is 0. The lowest BCUT2D eigenvalue weighted by molar-refractivity contribution is -0.0910. The van der Waals surface area contributed by atoms with Gasteiger partial charge in [0.25, 0.3) is 6.43 Å². The van der Waals surface area contributed by atoms with Crippen molar-refractivity contribution in [2.45, 2.75) is 19.0 Å². The molecule has 12 heavy (non-hydrogen) atoms. The standard InChI is InChI=1S/C8H9F2NO/c1-8(12,7(9)10)6-4-2-3-5-11-6/h2-5,7,12H,1H3. The van der Waals surface area contributed by atoms with Gasteiger partial charge in [0, 0.05) is 6.20 Å². The summed E-state index contributed by atoms with van der Waals surface area (Å²) in [6.45, 7) is 1.04. The van der Waals surface area contributed by atoms with Gasteiger partial charge in [-0.3, -0.25) is 4.98 Å². The van der Waals surface area contributed by atoms with E-state index in [2.05, 4.69) is 4.98 Å². The first-order valence-corrected chi connectivity index (χ1v) is 3.47. The maximum atomic E-state index is 12.2. The molecule has 0 aliphatic carbocycles. The highest BCUT2D eigenvalue weighted by Gasteiger charge is 2.35. The monoisotopic (exact) mass is 173 g/mol. The van der Waals surface area contributed by atoms with Crippen LogP contribution in [0.15, 0.2) is 24.4 Å². The molecule has 1 rings (SSSR count). The van der Waals surface area contributed by atoms with Gasteiger partial charge in [-0.25, -0.2) is 8.78 Å². The van der Waals surface area contributed by atoms with E-state index < -0.39 is 12.0 Å². The van der Waals surface area contributed by atoms with E-state index in [1.54, 1.807) is 12.1 Å². The highest BCUT2D eigenvalue weighted by Crippen LogP contribution is 2.25. The van der Waals surface area contributed by atoms with E-state index in [4.69, 9.17) is 0 Å². The third-order valence-corrected chi connectivity index (χ3v) is 1.61. The van der Waals surface area contributed by atoms with E-state index in [0.29, 0.717) is 0 Å². The number of nitrogens with zero attached hydrogens (tertiary/aromatic N) is 1. The molecule has 0 fully saturated rings. The first kappa shape index (κ1) is 9.06. The van der Waals surface area contributed by atoms with Crippen LogP contribution in [-0.2, 0) is 5.60 Å². The molecule has 0 aliphatic heterocycles. The Kier molecular flexibility index (Phi) is 2.38. The van der Waals surface area contributed by atoms with Crippen molar-refractivity contribution in [2.75, 3.05) is 0 Å². The number of aliphatic hydroxyl groups is 1. The Bertz CT molecular complexity index is 248. The summed E-state index contributed by atoms with van der Waals surface area (Å²) < 4.78 is 24.4. The van der Waals surface area contributed by atoms with Crippen LogP contribution in [0.4, 0.5) is 8.78 Å². The second-order valence-electron chi connectivity index (χ2n) is 2.66. The van der Waals surface area contributed by atoms with Gasteiger partial charge in [0.05, 0.1) is 5.69 Å². The largest absolute Gasteiger partial charge is 0.378 e. The third kappa shape index (κ3) is 1.58. The quantitative estimate of drug-likeness (QED) is 0.736. The Morgan fingerprint density at radius 1 is 1.50 bits per heavy atom. The number of halogens is 2. The van der Waals surface area contributed by atoms with Crippen molar-refractivity contribution >= 4 is 0 Å². The molecule has 1 heterocycles. The number of rotatable bonds is 2. The molecule has 66 valence electrons. The molecule has 1 atom stereocenters. The number of hydrogen-bond acceptors (Lipinski definition) is 2. The highest BCUT2D eigenvalue weighted by molar-refractivity contribution is 5.12. The van der Waals surface area contributed by atoms with Gasteiger partial charge in [0.15, 0.2) is 5.60 Å². The molecule has 0 saturated carbocycles. The summed E-state index contributed by atoms with van der Waals surface area (Å²) in [5.41, 5.74) is -2.17. The molecule has 1 aromatic rings. The van der Waals surface area contributed by atoms with Gasteiger partial charge in [-0.1, -0.05) is 6.07 Å². The molecule has 1 unspecified atom stereocenters. The molecule has 1 N–H and O–H groups in total. The number of alkyl halides is 2. The molecule has 0 bridgehead atoms. The van der Waals surface area contributed by atoms with Gasteiger partial charge in [-0.15, -0.1) is 0 Å².